The number of β-lactam (4-membered cyclic amide) rings is 1. The van der Waals surface area contributed by atoms with Crippen molar-refractivity contribution in [3.63, 3.8) is 0 Å². The molecule has 2 heterocycles. The van der Waals surface area contributed by atoms with Crippen molar-refractivity contribution < 1.29 is 4.79 Å². The molecule has 1 saturated carbocycles. The minimum absolute atomic E-state index is 0.0476. The van der Waals surface area contributed by atoms with E-state index in [1.807, 2.05) is 0 Å². The van der Waals surface area contributed by atoms with Crippen LogP contribution in [0.25, 0.3) is 0 Å². The molecular weight excluding hydrogens is 208 g/mol. The van der Waals surface area contributed by atoms with Gasteiger partial charge >= 0.3 is 0 Å². The lowest BCUT2D eigenvalue weighted by Crippen LogP contribution is -2.57. The van der Waals surface area contributed by atoms with Crippen molar-refractivity contribution in [1.29, 1.82) is 0 Å². The second-order valence-electron chi connectivity index (χ2n) is 4.72. The molecule has 0 aromatic carbocycles. The molecule has 1 N–H and O–H groups in total. The molecule has 3 aliphatic rings. The summed E-state index contributed by atoms with van der Waals surface area (Å²) < 4.78 is 0. The standard InChI is InChI=1S/C11H16N2OS/c14-10-9-11(13-10)15-8(12-9)6-7-4-2-1-3-5-7/h7,9,11H,1-6H2,(H,13,14). The Labute approximate surface area is 94.1 Å². The number of hydrogen-bond acceptors (Lipinski definition) is 3. The van der Waals surface area contributed by atoms with Gasteiger partial charge in [0.2, 0.25) is 5.91 Å². The Morgan fingerprint density at radius 3 is 2.80 bits per heavy atom. The number of nitrogens with one attached hydrogen (secondary N) is 1. The SMILES string of the molecule is O=C1NC2SC(CC3CCCCC3)=NC12. The molecule has 2 atom stereocenters. The smallest absolute Gasteiger partial charge is 0.248 e. The van der Waals surface area contributed by atoms with Crippen LogP contribution in [0.3, 0.4) is 0 Å². The van der Waals surface area contributed by atoms with Crippen LogP contribution in [0.15, 0.2) is 4.99 Å². The van der Waals surface area contributed by atoms with Crippen LogP contribution in [0.1, 0.15) is 38.5 Å². The fourth-order valence-corrected chi connectivity index (χ4v) is 3.93. The van der Waals surface area contributed by atoms with E-state index in [4.69, 9.17) is 0 Å². The summed E-state index contributed by atoms with van der Waals surface area (Å²) in [6.07, 6.45) is 8.00. The van der Waals surface area contributed by atoms with Crippen molar-refractivity contribution in [1.82, 2.24) is 5.32 Å². The number of fused-ring (bicyclic) bond motifs is 1. The first kappa shape index (κ1) is 9.70. The lowest BCUT2D eigenvalue weighted by atomic mass is 9.87. The van der Waals surface area contributed by atoms with Crippen molar-refractivity contribution in [2.75, 3.05) is 0 Å². The normalized spacial score (nSPS) is 35.5. The fraction of sp³-hybridized carbons (Fsp3) is 0.818. The van der Waals surface area contributed by atoms with E-state index >= 15 is 0 Å². The zero-order valence-electron chi connectivity index (χ0n) is 8.74. The number of carbonyl (C=O) groups is 1. The third kappa shape index (κ3) is 1.80. The minimum Gasteiger partial charge on any atom is -0.339 e. The molecule has 2 fully saturated rings. The van der Waals surface area contributed by atoms with Crippen LogP contribution < -0.4 is 5.32 Å². The molecule has 0 bridgehead atoms. The van der Waals surface area contributed by atoms with E-state index in [1.165, 1.54) is 37.1 Å². The number of thioether (sulfide) groups is 1. The quantitative estimate of drug-likeness (QED) is 0.728. The van der Waals surface area contributed by atoms with E-state index in [1.54, 1.807) is 11.8 Å². The van der Waals surface area contributed by atoms with Crippen LogP contribution in [-0.4, -0.2) is 22.4 Å². The van der Waals surface area contributed by atoms with Gasteiger partial charge in [-0.3, -0.25) is 9.79 Å². The second-order valence-corrected chi connectivity index (χ2v) is 5.94. The van der Waals surface area contributed by atoms with Gasteiger partial charge in [0.25, 0.3) is 0 Å². The molecule has 0 aromatic rings. The monoisotopic (exact) mass is 224 g/mol. The van der Waals surface area contributed by atoms with Crippen molar-refractivity contribution in [3.8, 4) is 0 Å². The van der Waals surface area contributed by atoms with Gasteiger partial charge in [0.1, 0.15) is 5.37 Å². The highest BCUT2D eigenvalue weighted by molar-refractivity contribution is 8.14. The average molecular weight is 224 g/mol. The maximum Gasteiger partial charge on any atom is 0.248 e. The molecule has 2 unspecified atom stereocenters. The van der Waals surface area contributed by atoms with Gasteiger partial charge < -0.3 is 5.32 Å². The maximum absolute atomic E-state index is 11.1. The largest absolute Gasteiger partial charge is 0.339 e. The van der Waals surface area contributed by atoms with E-state index in [0.717, 1.165) is 12.3 Å². The Hall–Kier alpha value is -0.510. The summed E-state index contributed by atoms with van der Waals surface area (Å²) in [5, 5.41) is 4.37. The van der Waals surface area contributed by atoms with Gasteiger partial charge in [0, 0.05) is 0 Å². The van der Waals surface area contributed by atoms with Crippen LogP contribution in [0.2, 0.25) is 0 Å². The number of hydrogen-bond donors (Lipinski definition) is 1. The summed E-state index contributed by atoms with van der Waals surface area (Å²) in [6.45, 7) is 0. The van der Waals surface area contributed by atoms with Gasteiger partial charge in [-0.05, 0) is 12.3 Å². The Kier molecular flexibility index (Phi) is 2.47. The molecule has 0 radical (unpaired) electrons. The van der Waals surface area contributed by atoms with Crippen LogP contribution in [0.4, 0.5) is 0 Å². The summed E-state index contributed by atoms with van der Waals surface area (Å²) in [4.78, 5) is 15.6. The van der Waals surface area contributed by atoms with Crippen molar-refractivity contribution in [2.24, 2.45) is 10.9 Å². The van der Waals surface area contributed by atoms with Crippen LogP contribution in [0.5, 0.6) is 0 Å². The van der Waals surface area contributed by atoms with Gasteiger partial charge in [-0.15, -0.1) is 0 Å². The van der Waals surface area contributed by atoms with Gasteiger partial charge in [-0.2, -0.15) is 0 Å². The molecule has 15 heavy (non-hydrogen) atoms. The Morgan fingerprint density at radius 2 is 2.13 bits per heavy atom. The molecule has 0 spiro atoms. The van der Waals surface area contributed by atoms with E-state index < -0.39 is 0 Å². The van der Waals surface area contributed by atoms with Crippen LogP contribution in [0, 0.1) is 5.92 Å². The molecule has 3 nitrogen and oxygen atoms in total. The third-order valence-electron chi connectivity index (χ3n) is 3.57. The van der Waals surface area contributed by atoms with E-state index in [0.29, 0.717) is 0 Å². The Bertz CT molecular complexity index is 310. The number of carbonyl (C=O) groups excluding carboxylic acids is 1. The predicted octanol–water partition coefficient (Wildman–Crippen LogP) is 1.93. The number of aliphatic imine (C=N–C) groups is 1. The van der Waals surface area contributed by atoms with Gasteiger partial charge in [0.15, 0.2) is 6.04 Å². The highest BCUT2D eigenvalue weighted by atomic mass is 32.2. The maximum atomic E-state index is 11.1. The van der Waals surface area contributed by atoms with Crippen molar-refractivity contribution in [3.05, 3.63) is 0 Å². The Balaban J connectivity index is 1.57. The highest BCUT2D eigenvalue weighted by Crippen LogP contribution is 2.36. The molecule has 1 saturated heterocycles. The molecule has 2 aliphatic heterocycles. The van der Waals surface area contributed by atoms with Crippen LogP contribution >= 0.6 is 11.8 Å². The second kappa shape index (κ2) is 3.81. The van der Waals surface area contributed by atoms with E-state index in [9.17, 15) is 4.79 Å². The molecule has 0 aromatic heterocycles. The Morgan fingerprint density at radius 1 is 1.33 bits per heavy atom. The molecule has 3 rings (SSSR count). The van der Waals surface area contributed by atoms with Crippen molar-refractivity contribution >= 4 is 22.7 Å². The highest BCUT2D eigenvalue weighted by Gasteiger charge is 2.45. The van der Waals surface area contributed by atoms with E-state index in [2.05, 4.69) is 10.3 Å². The summed E-state index contributed by atoms with van der Waals surface area (Å²) in [7, 11) is 0. The molecular formula is C11H16N2OS. The molecule has 4 heteroatoms. The molecule has 1 amide bonds. The topological polar surface area (TPSA) is 41.5 Å². The molecule has 82 valence electrons. The lowest BCUT2D eigenvalue weighted by Gasteiger charge is -2.27. The summed E-state index contributed by atoms with van der Waals surface area (Å²) in [6, 6.07) is -0.0476. The first-order chi connectivity index (χ1) is 7.33. The minimum atomic E-state index is -0.0476. The van der Waals surface area contributed by atoms with Gasteiger partial charge in [0.05, 0.1) is 5.04 Å². The zero-order valence-corrected chi connectivity index (χ0v) is 9.55. The third-order valence-corrected chi connectivity index (χ3v) is 4.75. The zero-order chi connectivity index (χ0) is 10.3. The summed E-state index contributed by atoms with van der Waals surface area (Å²) in [5.41, 5.74) is 0. The number of amides is 1. The number of nitrogens with zero attached hydrogens (tertiary/aromatic N) is 1. The fourth-order valence-electron chi connectivity index (χ4n) is 2.64. The van der Waals surface area contributed by atoms with Gasteiger partial charge in [-0.25, -0.2) is 0 Å². The van der Waals surface area contributed by atoms with Crippen molar-refractivity contribution in [2.45, 2.75) is 49.9 Å². The summed E-state index contributed by atoms with van der Waals surface area (Å²) >= 11 is 1.78. The first-order valence-corrected chi connectivity index (χ1v) is 6.74. The van der Waals surface area contributed by atoms with Crippen LogP contribution in [-0.2, 0) is 4.79 Å². The average Bonchev–Trinajstić information content (AvgIpc) is 2.57. The number of rotatable bonds is 2. The first-order valence-electron chi connectivity index (χ1n) is 5.86. The lowest BCUT2D eigenvalue weighted by molar-refractivity contribution is -0.127. The predicted molar refractivity (Wildman–Crippen MR) is 61.9 cm³/mol. The molecule has 1 aliphatic carbocycles. The van der Waals surface area contributed by atoms with E-state index in [-0.39, 0.29) is 17.3 Å². The van der Waals surface area contributed by atoms with Gasteiger partial charge in [-0.1, -0.05) is 43.9 Å². The summed E-state index contributed by atoms with van der Waals surface area (Å²) in [5.74, 6) is 0.948.